The van der Waals surface area contributed by atoms with Crippen LogP contribution < -0.4 is 15.4 Å². The van der Waals surface area contributed by atoms with Crippen molar-refractivity contribution in [2.24, 2.45) is 0 Å². The number of rotatable bonds is 5. The monoisotopic (exact) mass is 318 g/mol. The average molecular weight is 319 g/mol. The van der Waals surface area contributed by atoms with Crippen LogP contribution >= 0.6 is 11.6 Å². The SMILES string of the molecule is COc1ccc(NC(=O)[C@@H](C)Nc2cccc(Cl)c2C)cc1. The van der Waals surface area contributed by atoms with Gasteiger partial charge < -0.3 is 15.4 Å². The summed E-state index contributed by atoms with van der Waals surface area (Å²) in [5.41, 5.74) is 2.50. The molecule has 116 valence electrons. The van der Waals surface area contributed by atoms with Crippen molar-refractivity contribution >= 4 is 28.9 Å². The Bertz CT molecular complexity index is 656. The van der Waals surface area contributed by atoms with Crippen molar-refractivity contribution in [3.8, 4) is 5.75 Å². The number of benzene rings is 2. The number of carbonyl (C=O) groups excluding carboxylic acids is 1. The van der Waals surface area contributed by atoms with E-state index in [9.17, 15) is 4.79 Å². The summed E-state index contributed by atoms with van der Waals surface area (Å²) in [7, 11) is 1.60. The highest BCUT2D eigenvalue weighted by atomic mass is 35.5. The molecule has 0 radical (unpaired) electrons. The molecule has 0 aliphatic heterocycles. The summed E-state index contributed by atoms with van der Waals surface area (Å²) in [6.07, 6.45) is 0. The molecular weight excluding hydrogens is 300 g/mol. The van der Waals surface area contributed by atoms with Crippen molar-refractivity contribution < 1.29 is 9.53 Å². The first kappa shape index (κ1) is 16.2. The second-order valence-electron chi connectivity index (χ2n) is 5.00. The topological polar surface area (TPSA) is 50.4 Å². The largest absolute Gasteiger partial charge is 0.497 e. The van der Waals surface area contributed by atoms with Crippen molar-refractivity contribution in [1.29, 1.82) is 0 Å². The number of carbonyl (C=O) groups is 1. The van der Waals surface area contributed by atoms with E-state index in [1.54, 1.807) is 38.3 Å². The van der Waals surface area contributed by atoms with E-state index in [0.717, 1.165) is 22.7 Å². The minimum Gasteiger partial charge on any atom is -0.497 e. The Morgan fingerprint density at radius 3 is 2.50 bits per heavy atom. The lowest BCUT2D eigenvalue weighted by molar-refractivity contribution is -0.116. The fraction of sp³-hybridized carbons (Fsp3) is 0.235. The first-order chi connectivity index (χ1) is 10.5. The van der Waals surface area contributed by atoms with Gasteiger partial charge in [0.1, 0.15) is 11.8 Å². The average Bonchev–Trinajstić information content (AvgIpc) is 2.52. The van der Waals surface area contributed by atoms with Gasteiger partial charge in [0.2, 0.25) is 5.91 Å². The Balaban J connectivity index is 2.01. The van der Waals surface area contributed by atoms with Crippen molar-refractivity contribution in [3.63, 3.8) is 0 Å². The Labute approximate surface area is 135 Å². The van der Waals surface area contributed by atoms with Crippen LogP contribution in [-0.2, 0) is 4.79 Å². The van der Waals surface area contributed by atoms with Crippen LogP contribution in [-0.4, -0.2) is 19.1 Å². The third-order valence-electron chi connectivity index (χ3n) is 3.39. The molecule has 0 fully saturated rings. The number of halogens is 1. The quantitative estimate of drug-likeness (QED) is 0.872. The third-order valence-corrected chi connectivity index (χ3v) is 3.80. The lowest BCUT2D eigenvalue weighted by Gasteiger charge is -2.17. The van der Waals surface area contributed by atoms with E-state index in [0.29, 0.717) is 5.02 Å². The van der Waals surface area contributed by atoms with E-state index >= 15 is 0 Å². The van der Waals surface area contributed by atoms with E-state index in [1.807, 2.05) is 25.1 Å². The lowest BCUT2D eigenvalue weighted by Crippen LogP contribution is -2.32. The summed E-state index contributed by atoms with van der Waals surface area (Å²) in [4.78, 5) is 12.2. The van der Waals surface area contributed by atoms with Crippen LogP contribution in [0, 0.1) is 6.92 Å². The van der Waals surface area contributed by atoms with Crippen molar-refractivity contribution in [3.05, 3.63) is 53.1 Å². The van der Waals surface area contributed by atoms with Crippen LogP contribution in [0.5, 0.6) is 5.75 Å². The van der Waals surface area contributed by atoms with E-state index in [2.05, 4.69) is 10.6 Å². The number of ether oxygens (including phenoxy) is 1. The predicted octanol–water partition coefficient (Wildman–Crippen LogP) is 4.10. The molecule has 0 saturated heterocycles. The van der Waals surface area contributed by atoms with Gasteiger partial charge in [-0.15, -0.1) is 0 Å². The number of methoxy groups -OCH3 is 1. The van der Waals surface area contributed by atoms with Gasteiger partial charge in [-0.05, 0) is 55.8 Å². The molecule has 1 amide bonds. The third kappa shape index (κ3) is 3.92. The molecule has 0 aromatic heterocycles. The fourth-order valence-corrected chi connectivity index (χ4v) is 2.16. The molecule has 2 N–H and O–H groups in total. The Hall–Kier alpha value is -2.20. The fourth-order valence-electron chi connectivity index (χ4n) is 1.99. The molecule has 0 unspecified atom stereocenters. The molecule has 0 aliphatic rings. The van der Waals surface area contributed by atoms with Crippen LogP contribution in [0.2, 0.25) is 5.02 Å². The Morgan fingerprint density at radius 2 is 1.86 bits per heavy atom. The van der Waals surface area contributed by atoms with Gasteiger partial charge in [0.05, 0.1) is 7.11 Å². The van der Waals surface area contributed by atoms with Crippen LogP contribution in [0.25, 0.3) is 0 Å². The van der Waals surface area contributed by atoms with E-state index in [4.69, 9.17) is 16.3 Å². The molecular formula is C17H19ClN2O2. The lowest BCUT2D eigenvalue weighted by atomic mass is 10.1. The number of hydrogen-bond donors (Lipinski definition) is 2. The highest BCUT2D eigenvalue weighted by Crippen LogP contribution is 2.23. The summed E-state index contributed by atoms with van der Waals surface area (Å²) in [5.74, 6) is 0.628. The number of hydrogen-bond acceptors (Lipinski definition) is 3. The van der Waals surface area contributed by atoms with Crippen LogP contribution in [0.4, 0.5) is 11.4 Å². The van der Waals surface area contributed by atoms with Gasteiger partial charge in [0.25, 0.3) is 0 Å². The normalized spacial score (nSPS) is 11.6. The number of nitrogens with one attached hydrogen (secondary N) is 2. The van der Waals surface area contributed by atoms with Gasteiger partial charge >= 0.3 is 0 Å². The number of amides is 1. The molecule has 4 nitrogen and oxygen atoms in total. The van der Waals surface area contributed by atoms with Gasteiger partial charge in [0, 0.05) is 16.4 Å². The summed E-state index contributed by atoms with van der Waals surface area (Å²) < 4.78 is 5.09. The molecule has 0 heterocycles. The smallest absolute Gasteiger partial charge is 0.246 e. The maximum absolute atomic E-state index is 12.2. The van der Waals surface area contributed by atoms with Crippen molar-refractivity contribution in [1.82, 2.24) is 0 Å². The summed E-state index contributed by atoms with van der Waals surface area (Å²) in [6.45, 7) is 3.72. The highest BCUT2D eigenvalue weighted by molar-refractivity contribution is 6.31. The van der Waals surface area contributed by atoms with Gasteiger partial charge in [-0.1, -0.05) is 17.7 Å². The summed E-state index contributed by atoms with van der Waals surface area (Å²) >= 11 is 6.08. The van der Waals surface area contributed by atoms with Gasteiger partial charge in [-0.3, -0.25) is 4.79 Å². The second kappa shape index (κ2) is 7.18. The van der Waals surface area contributed by atoms with E-state index in [-0.39, 0.29) is 11.9 Å². The zero-order chi connectivity index (χ0) is 16.1. The molecule has 0 bridgehead atoms. The van der Waals surface area contributed by atoms with Gasteiger partial charge in [-0.2, -0.15) is 0 Å². The molecule has 0 spiro atoms. The van der Waals surface area contributed by atoms with Crippen LogP contribution in [0.3, 0.4) is 0 Å². The summed E-state index contributed by atoms with van der Waals surface area (Å²) in [6, 6.07) is 12.4. The zero-order valence-electron chi connectivity index (χ0n) is 12.8. The summed E-state index contributed by atoms with van der Waals surface area (Å²) in [5, 5.41) is 6.70. The molecule has 0 saturated carbocycles. The molecule has 1 atom stereocenters. The standard InChI is InChI=1S/C17H19ClN2O2/c1-11-15(18)5-4-6-16(11)19-12(2)17(21)20-13-7-9-14(22-3)10-8-13/h4-10,12,19H,1-3H3,(H,20,21)/t12-/m1/s1. The number of anilines is 2. The molecule has 2 aromatic rings. The Morgan fingerprint density at radius 1 is 1.18 bits per heavy atom. The minimum atomic E-state index is -0.390. The van der Waals surface area contributed by atoms with Crippen molar-refractivity contribution in [2.45, 2.75) is 19.9 Å². The Kier molecular flexibility index (Phi) is 5.28. The molecule has 2 aromatic carbocycles. The predicted molar refractivity (Wildman–Crippen MR) is 90.9 cm³/mol. The molecule has 22 heavy (non-hydrogen) atoms. The van der Waals surface area contributed by atoms with Crippen LogP contribution in [0.1, 0.15) is 12.5 Å². The van der Waals surface area contributed by atoms with Gasteiger partial charge in [-0.25, -0.2) is 0 Å². The first-order valence-corrected chi connectivity index (χ1v) is 7.35. The second-order valence-corrected chi connectivity index (χ2v) is 5.40. The maximum atomic E-state index is 12.2. The first-order valence-electron chi connectivity index (χ1n) is 6.98. The van der Waals surface area contributed by atoms with Gasteiger partial charge in [0.15, 0.2) is 0 Å². The highest BCUT2D eigenvalue weighted by Gasteiger charge is 2.14. The molecule has 5 heteroatoms. The molecule has 0 aliphatic carbocycles. The van der Waals surface area contributed by atoms with Crippen LogP contribution in [0.15, 0.2) is 42.5 Å². The zero-order valence-corrected chi connectivity index (χ0v) is 13.6. The minimum absolute atomic E-state index is 0.121. The van der Waals surface area contributed by atoms with Crippen molar-refractivity contribution in [2.75, 3.05) is 17.7 Å². The van der Waals surface area contributed by atoms with E-state index in [1.165, 1.54) is 0 Å². The maximum Gasteiger partial charge on any atom is 0.246 e. The van der Waals surface area contributed by atoms with E-state index < -0.39 is 0 Å². The molecule has 2 rings (SSSR count).